The van der Waals surface area contributed by atoms with E-state index >= 15 is 0 Å². The Morgan fingerprint density at radius 3 is 2.38 bits per heavy atom. The van der Waals surface area contributed by atoms with E-state index in [1.54, 1.807) is 32.9 Å². The van der Waals surface area contributed by atoms with Crippen LogP contribution in [0.5, 0.6) is 0 Å². The van der Waals surface area contributed by atoms with Crippen molar-refractivity contribution in [2.24, 2.45) is 11.3 Å². The van der Waals surface area contributed by atoms with Crippen LogP contribution in [0.1, 0.15) is 45.6 Å². The second kappa shape index (κ2) is 10.3. The molecule has 1 saturated heterocycles. The molecule has 0 saturated carbocycles. The van der Waals surface area contributed by atoms with Gasteiger partial charge in [-0.2, -0.15) is 0 Å². The van der Waals surface area contributed by atoms with E-state index in [2.05, 4.69) is 0 Å². The van der Waals surface area contributed by atoms with E-state index in [1.807, 2.05) is 6.92 Å². The van der Waals surface area contributed by atoms with Crippen molar-refractivity contribution in [1.29, 1.82) is 0 Å². The van der Waals surface area contributed by atoms with E-state index in [0.717, 1.165) is 21.9 Å². The number of aryl methyl sites for hydroxylation is 1. The summed E-state index contributed by atoms with van der Waals surface area (Å²) in [6.45, 7) is 6.74. The Morgan fingerprint density at radius 1 is 1.19 bits per heavy atom. The van der Waals surface area contributed by atoms with Crippen LogP contribution in [-0.4, -0.2) is 73.7 Å². The number of fused-ring (bicyclic) bond motifs is 1. The standard InChI is InChI=1S/C26H34N2O8S/c1-17-7-9-20(10-8-17)37(33,34)28-14-12-18-15-19(29)11-13-26(18,23(28)31)16-21(22(30)35-6)27(5)24(32)36-25(2,3)4/h7-11,13,18,21H,12,14-16H2,1-6H3/t18-,21?,26-/m0/s1. The third-order valence-corrected chi connectivity index (χ3v) is 8.61. The molecule has 1 unspecified atom stereocenters. The van der Waals surface area contributed by atoms with Crippen molar-refractivity contribution in [1.82, 2.24) is 9.21 Å². The fourth-order valence-corrected chi connectivity index (χ4v) is 6.24. The molecule has 1 heterocycles. The number of carbonyl (C=O) groups is 4. The number of piperidine rings is 1. The molecular weight excluding hydrogens is 500 g/mol. The summed E-state index contributed by atoms with van der Waals surface area (Å²) >= 11 is 0. The normalized spacial score (nSPS) is 22.8. The molecule has 0 N–H and O–H groups in total. The van der Waals surface area contributed by atoms with E-state index in [4.69, 9.17) is 9.47 Å². The topological polar surface area (TPSA) is 127 Å². The first-order valence-electron chi connectivity index (χ1n) is 12.0. The van der Waals surface area contributed by atoms with Crippen molar-refractivity contribution in [3.63, 3.8) is 0 Å². The number of amides is 2. The van der Waals surface area contributed by atoms with Crippen molar-refractivity contribution < 1.29 is 37.1 Å². The molecule has 0 bridgehead atoms. The molecule has 1 fully saturated rings. The zero-order valence-electron chi connectivity index (χ0n) is 22.0. The van der Waals surface area contributed by atoms with Crippen LogP contribution in [0.2, 0.25) is 0 Å². The maximum Gasteiger partial charge on any atom is 0.410 e. The number of ether oxygens (including phenoxy) is 2. The van der Waals surface area contributed by atoms with Crippen LogP contribution in [0, 0.1) is 18.3 Å². The molecule has 1 aromatic carbocycles. The molecule has 10 nitrogen and oxygen atoms in total. The minimum atomic E-state index is -4.21. The lowest BCUT2D eigenvalue weighted by atomic mass is 9.63. The molecule has 3 atom stereocenters. The zero-order chi connectivity index (χ0) is 27.8. The molecule has 3 rings (SSSR count). The Hall–Kier alpha value is -3.21. The summed E-state index contributed by atoms with van der Waals surface area (Å²) in [6.07, 6.45) is 1.79. The number of nitrogens with zero attached hydrogens (tertiary/aromatic N) is 2. The number of methoxy groups -OCH3 is 1. The third-order valence-electron chi connectivity index (χ3n) is 6.81. The SMILES string of the molecule is COC(=O)C(C[C@@]12C=CC(=O)C[C@@H]1CCN(S(=O)(=O)c1ccc(C)cc1)C2=O)N(C)C(=O)OC(C)(C)C. The molecule has 11 heteroatoms. The molecule has 1 aliphatic carbocycles. The number of hydrogen-bond acceptors (Lipinski definition) is 8. The van der Waals surface area contributed by atoms with Crippen LogP contribution in [0.4, 0.5) is 4.79 Å². The fourth-order valence-electron chi connectivity index (χ4n) is 4.77. The van der Waals surface area contributed by atoms with E-state index in [1.165, 1.54) is 31.3 Å². The van der Waals surface area contributed by atoms with Gasteiger partial charge in [0, 0.05) is 20.0 Å². The minimum Gasteiger partial charge on any atom is -0.467 e. The Bertz CT molecular complexity index is 1220. The number of allylic oxidation sites excluding steroid dienone is 1. The highest BCUT2D eigenvalue weighted by molar-refractivity contribution is 7.89. The maximum absolute atomic E-state index is 14.0. The summed E-state index contributed by atoms with van der Waals surface area (Å²) in [6, 6.07) is 4.88. The molecular formula is C26H34N2O8S. The summed E-state index contributed by atoms with van der Waals surface area (Å²) < 4.78 is 38.2. The lowest BCUT2D eigenvalue weighted by molar-refractivity contribution is -0.151. The van der Waals surface area contributed by atoms with Gasteiger partial charge in [0.25, 0.3) is 10.0 Å². The first-order chi connectivity index (χ1) is 17.1. The van der Waals surface area contributed by atoms with Gasteiger partial charge in [-0.3, -0.25) is 14.5 Å². The van der Waals surface area contributed by atoms with Gasteiger partial charge in [-0.25, -0.2) is 22.3 Å². The molecule has 2 amide bonds. The third kappa shape index (κ3) is 5.71. The van der Waals surface area contributed by atoms with Crippen molar-refractivity contribution in [3.8, 4) is 0 Å². The van der Waals surface area contributed by atoms with E-state index in [0.29, 0.717) is 0 Å². The van der Waals surface area contributed by atoms with Crippen LogP contribution in [0.25, 0.3) is 0 Å². The predicted octanol–water partition coefficient (Wildman–Crippen LogP) is 2.85. The molecule has 1 aromatic rings. The predicted molar refractivity (Wildman–Crippen MR) is 134 cm³/mol. The molecule has 2 aliphatic rings. The summed E-state index contributed by atoms with van der Waals surface area (Å²) in [5.74, 6) is -2.29. The van der Waals surface area contributed by atoms with Gasteiger partial charge < -0.3 is 9.47 Å². The molecule has 37 heavy (non-hydrogen) atoms. The zero-order valence-corrected chi connectivity index (χ0v) is 22.8. The van der Waals surface area contributed by atoms with Gasteiger partial charge in [0.05, 0.1) is 17.4 Å². The average molecular weight is 535 g/mol. The van der Waals surface area contributed by atoms with Crippen molar-refractivity contribution in [2.75, 3.05) is 20.7 Å². The van der Waals surface area contributed by atoms with Crippen LogP contribution in [-0.2, 0) is 33.9 Å². The minimum absolute atomic E-state index is 0.0186. The van der Waals surface area contributed by atoms with Gasteiger partial charge >= 0.3 is 12.1 Å². The highest BCUT2D eigenvalue weighted by Crippen LogP contribution is 2.48. The van der Waals surface area contributed by atoms with Crippen LogP contribution < -0.4 is 0 Å². The van der Waals surface area contributed by atoms with Crippen molar-refractivity contribution >= 4 is 33.8 Å². The number of rotatable bonds is 6. The number of esters is 1. The first kappa shape index (κ1) is 28.4. The lowest BCUT2D eigenvalue weighted by Gasteiger charge is -2.47. The van der Waals surface area contributed by atoms with Gasteiger partial charge in [-0.1, -0.05) is 23.8 Å². The number of hydrogen-bond donors (Lipinski definition) is 0. The summed E-state index contributed by atoms with van der Waals surface area (Å²) in [5, 5.41) is 0. The smallest absolute Gasteiger partial charge is 0.410 e. The number of ketones is 1. The Labute approximate surface area is 217 Å². The average Bonchev–Trinajstić information content (AvgIpc) is 2.81. The van der Waals surface area contributed by atoms with E-state index < -0.39 is 51.0 Å². The van der Waals surface area contributed by atoms with Crippen molar-refractivity contribution in [3.05, 3.63) is 42.0 Å². The van der Waals surface area contributed by atoms with Crippen LogP contribution in [0.3, 0.4) is 0 Å². The summed E-state index contributed by atoms with van der Waals surface area (Å²) in [5.41, 5.74) is -1.51. The largest absolute Gasteiger partial charge is 0.467 e. The van der Waals surface area contributed by atoms with Gasteiger partial charge in [-0.05, 0) is 64.7 Å². The lowest BCUT2D eigenvalue weighted by Crippen LogP contribution is -2.59. The maximum atomic E-state index is 14.0. The summed E-state index contributed by atoms with van der Waals surface area (Å²) in [7, 11) is -1.70. The van der Waals surface area contributed by atoms with Crippen LogP contribution in [0.15, 0.2) is 41.3 Å². The van der Waals surface area contributed by atoms with Gasteiger partial charge in [0.2, 0.25) is 5.91 Å². The molecule has 0 aromatic heterocycles. The van der Waals surface area contributed by atoms with Crippen molar-refractivity contribution in [2.45, 2.75) is 63.5 Å². The number of carbonyl (C=O) groups excluding carboxylic acids is 4. The Balaban J connectivity index is 2.05. The van der Waals surface area contributed by atoms with Gasteiger partial charge in [0.1, 0.15) is 11.6 Å². The Morgan fingerprint density at radius 2 is 1.81 bits per heavy atom. The fraction of sp³-hybridized carbons (Fsp3) is 0.538. The molecule has 0 radical (unpaired) electrons. The van der Waals surface area contributed by atoms with E-state index in [9.17, 15) is 27.6 Å². The molecule has 202 valence electrons. The highest BCUT2D eigenvalue weighted by Gasteiger charge is 2.56. The van der Waals surface area contributed by atoms with E-state index in [-0.39, 0.29) is 36.5 Å². The quantitative estimate of drug-likeness (QED) is 0.510. The number of benzene rings is 1. The molecule has 0 spiro atoms. The Kier molecular flexibility index (Phi) is 7.88. The second-order valence-corrected chi connectivity index (χ2v) is 12.4. The first-order valence-corrected chi connectivity index (χ1v) is 13.5. The van der Waals surface area contributed by atoms with Gasteiger partial charge in [-0.15, -0.1) is 0 Å². The number of sulfonamides is 1. The second-order valence-electron chi connectivity index (χ2n) is 10.6. The number of likely N-dealkylation sites (N-methyl/N-ethyl adjacent to an activating group) is 1. The molecule has 1 aliphatic heterocycles. The summed E-state index contributed by atoms with van der Waals surface area (Å²) in [4.78, 5) is 53.0. The van der Waals surface area contributed by atoms with Crippen LogP contribution >= 0.6 is 0 Å². The highest BCUT2D eigenvalue weighted by atomic mass is 32.2. The van der Waals surface area contributed by atoms with Gasteiger partial charge in [0.15, 0.2) is 5.78 Å². The monoisotopic (exact) mass is 534 g/mol.